The second-order valence-electron chi connectivity index (χ2n) is 8.96. The van der Waals surface area contributed by atoms with Crippen molar-refractivity contribution in [2.75, 3.05) is 31.2 Å². The lowest BCUT2D eigenvalue weighted by atomic mass is 10.0. The number of hydrogen-bond acceptors (Lipinski definition) is 8. The third-order valence-corrected chi connectivity index (χ3v) is 6.46. The van der Waals surface area contributed by atoms with Gasteiger partial charge in [0.15, 0.2) is 0 Å². The zero-order chi connectivity index (χ0) is 25.9. The van der Waals surface area contributed by atoms with Gasteiger partial charge in [-0.3, -0.25) is 0 Å². The Kier molecular flexibility index (Phi) is 6.63. The molecule has 0 saturated carbocycles. The number of carbonyl (C=O) groups is 1. The van der Waals surface area contributed by atoms with Crippen molar-refractivity contribution < 1.29 is 19.4 Å². The van der Waals surface area contributed by atoms with Gasteiger partial charge in [0, 0.05) is 41.8 Å². The number of hydrogen-bond donors (Lipinski definition) is 3. The van der Waals surface area contributed by atoms with E-state index >= 15 is 0 Å². The van der Waals surface area contributed by atoms with Crippen LogP contribution in [0, 0.1) is 6.92 Å². The summed E-state index contributed by atoms with van der Waals surface area (Å²) in [5, 5.41) is 14.4. The fraction of sp³-hybridized carbons (Fsp3) is 0.259. The Bertz CT molecular complexity index is 1460. The number of ether oxygens (including phenoxy) is 2. The van der Waals surface area contributed by atoms with E-state index in [9.17, 15) is 9.90 Å². The molecule has 1 amide bonds. The average Bonchev–Trinajstić information content (AvgIpc) is 2.91. The molecule has 1 aliphatic rings. The van der Waals surface area contributed by atoms with Crippen LogP contribution in [0.4, 0.5) is 16.4 Å². The van der Waals surface area contributed by atoms with Crippen LogP contribution >= 0.6 is 0 Å². The Balaban J connectivity index is 1.50. The van der Waals surface area contributed by atoms with Gasteiger partial charge in [0.1, 0.15) is 11.5 Å². The first kappa shape index (κ1) is 24.1. The number of nitrogen functional groups attached to an aromatic ring is 1. The first-order valence-electron chi connectivity index (χ1n) is 12.0. The van der Waals surface area contributed by atoms with Gasteiger partial charge in [-0.1, -0.05) is 24.3 Å². The van der Waals surface area contributed by atoms with Crippen LogP contribution in [0.1, 0.15) is 18.4 Å². The number of nitrogens with two attached hydrogens (primary N) is 1. The number of benzene rings is 2. The molecule has 190 valence electrons. The van der Waals surface area contributed by atoms with Gasteiger partial charge in [-0.15, -0.1) is 0 Å². The van der Waals surface area contributed by atoms with E-state index in [0.717, 1.165) is 29.2 Å². The number of aromatic nitrogens is 3. The second-order valence-corrected chi connectivity index (χ2v) is 8.96. The number of aryl methyl sites for hydroxylation is 1. The standard InChI is InChI=1S/C27H28N6O4/c1-16-8-9-19-20(6-3-7-22(19)28)24(16)37-25-21(13-18(36-2)14-30-25)23-10-11-29-26(32-23)31-17-5-4-12-33(15-17)27(34)35/h3,6-11,13-14,17H,4-5,12,15,28H2,1-2H3,(H,34,35)(H,29,31,32). The number of likely N-dealkylation sites (tertiary alicyclic amines) is 1. The van der Waals surface area contributed by atoms with Gasteiger partial charge < -0.3 is 30.5 Å². The van der Waals surface area contributed by atoms with E-state index in [1.165, 1.54) is 4.90 Å². The summed E-state index contributed by atoms with van der Waals surface area (Å²) in [4.78, 5) is 26.4. The Morgan fingerprint density at radius 2 is 2.05 bits per heavy atom. The van der Waals surface area contributed by atoms with Gasteiger partial charge in [-0.25, -0.2) is 19.7 Å². The lowest BCUT2D eigenvalue weighted by Crippen LogP contribution is -2.44. The zero-order valence-electron chi connectivity index (χ0n) is 20.6. The fourth-order valence-corrected chi connectivity index (χ4v) is 4.53. The van der Waals surface area contributed by atoms with Gasteiger partial charge in [0.05, 0.1) is 24.6 Å². The zero-order valence-corrected chi connectivity index (χ0v) is 20.6. The number of nitrogens with one attached hydrogen (secondary N) is 1. The molecule has 0 radical (unpaired) electrons. The van der Waals surface area contributed by atoms with Crippen LogP contribution in [-0.2, 0) is 0 Å². The minimum atomic E-state index is -0.920. The summed E-state index contributed by atoms with van der Waals surface area (Å²) in [5.41, 5.74) is 9.01. The van der Waals surface area contributed by atoms with Gasteiger partial charge in [0.25, 0.3) is 0 Å². The Morgan fingerprint density at radius 1 is 1.19 bits per heavy atom. The molecular formula is C27H28N6O4. The molecule has 0 bridgehead atoms. The summed E-state index contributed by atoms with van der Waals surface area (Å²) in [6.07, 6.45) is 3.93. The number of anilines is 2. The molecule has 1 atom stereocenters. The molecular weight excluding hydrogens is 472 g/mol. The number of methoxy groups -OCH3 is 1. The highest BCUT2D eigenvalue weighted by atomic mass is 16.5. The quantitative estimate of drug-likeness (QED) is 0.315. The summed E-state index contributed by atoms with van der Waals surface area (Å²) < 4.78 is 11.8. The smallest absolute Gasteiger partial charge is 0.407 e. The van der Waals surface area contributed by atoms with Crippen molar-refractivity contribution >= 4 is 28.5 Å². The van der Waals surface area contributed by atoms with E-state index in [1.807, 2.05) is 43.3 Å². The maximum Gasteiger partial charge on any atom is 0.407 e. The first-order chi connectivity index (χ1) is 17.9. The van der Waals surface area contributed by atoms with Crippen LogP contribution in [0.15, 0.2) is 54.9 Å². The van der Waals surface area contributed by atoms with Crippen LogP contribution in [0.2, 0.25) is 0 Å². The molecule has 10 heteroatoms. The number of pyridine rings is 1. The van der Waals surface area contributed by atoms with Crippen molar-refractivity contribution in [2.24, 2.45) is 0 Å². The highest BCUT2D eigenvalue weighted by molar-refractivity contribution is 5.97. The molecule has 2 aromatic heterocycles. The third kappa shape index (κ3) is 5.04. The van der Waals surface area contributed by atoms with E-state index in [0.29, 0.717) is 53.4 Å². The molecule has 4 aromatic rings. The lowest BCUT2D eigenvalue weighted by molar-refractivity contribution is 0.132. The average molecular weight is 501 g/mol. The largest absolute Gasteiger partial charge is 0.495 e. The summed E-state index contributed by atoms with van der Waals surface area (Å²) in [5.74, 6) is 1.97. The number of fused-ring (bicyclic) bond motifs is 1. The molecule has 3 heterocycles. The Morgan fingerprint density at radius 3 is 2.86 bits per heavy atom. The molecule has 0 spiro atoms. The maximum absolute atomic E-state index is 11.4. The summed E-state index contributed by atoms with van der Waals surface area (Å²) in [7, 11) is 1.57. The van der Waals surface area contributed by atoms with Crippen LogP contribution in [-0.4, -0.2) is 57.3 Å². The molecule has 10 nitrogen and oxygen atoms in total. The highest BCUT2D eigenvalue weighted by Crippen LogP contribution is 2.39. The molecule has 4 N–H and O–H groups in total. The predicted molar refractivity (Wildman–Crippen MR) is 141 cm³/mol. The van der Waals surface area contributed by atoms with Crippen LogP contribution < -0.4 is 20.5 Å². The molecule has 2 aromatic carbocycles. The first-order valence-corrected chi connectivity index (χ1v) is 12.0. The van der Waals surface area contributed by atoms with Crippen molar-refractivity contribution in [1.82, 2.24) is 19.9 Å². The molecule has 1 fully saturated rings. The topological polar surface area (TPSA) is 136 Å². The maximum atomic E-state index is 11.4. The van der Waals surface area contributed by atoms with Gasteiger partial charge in [0.2, 0.25) is 11.8 Å². The minimum Gasteiger partial charge on any atom is -0.495 e. The van der Waals surface area contributed by atoms with Crippen molar-refractivity contribution in [3.8, 4) is 28.6 Å². The van der Waals surface area contributed by atoms with Crippen molar-refractivity contribution in [1.29, 1.82) is 0 Å². The highest BCUT2D eigenvalue weighted by Gasteiger charge is 2.24. The second kappa shape index (κ2) is 10.2. The fourth-order valence-electron chi connectivity index (χ4n) is 4.53. The van der Waals surface area contributed by atoms with E-state index in [1.54, 1.807) is 25.6 Å². The third-order valence-electron chi connectivity index (χ3n) is 6.46. The summed E-state index contributed by atoms with van der Waals surface area (Å²) in [6, 6.07) is 13.2. The SMILES string of the molecule is COc1cnc(Oc2c(C)ccc3c(N)cccc23)c(-c2ccnc(NC3CCCN(C(=O)O)C3)n2)c1. The number of carboxylic acid groups (broad SMARTS) is 1. The van der Waals surface area contributed by atoms with Gasteiger partial charge in [-0.05, 0) is 43.5 Å². The van der Waals surface area contributed by atoms with E-state index in [4.69, 9.17) is 20.2 Å². The van der Waals surface area contributed by atoms with E-state index < -0.39 is 6.09 Å². The molecule has 1 saturated heterocycles. The summed E-state index contributed by atoms with van der Waals surface area (Å²) >= 11 is 0. The van der Waals surface area contributed by atoms with Crippen LogP contribution in [0.25, 0.3) is 22.0 Å². The molecule has 1 unspecified atom stereocenters. The van der Waals surface area contributed by atoms with Crippen molar-refractivity contribution in [3.63, 3.8) is 0 Å². The molecule has 0 aliphatic carbocycles. The van der Waals surface area contributed by atoms with E-state index in [2.05, 4.69) is 15.3 Å². The number of amides is 1. The van der Waals surface area contributed by atoms with Crippen LogP contribution in [0.3, 0.4) is 0 Å². The van der Waals surface area contributed by atoms with Gasteiger partial charge in [-0.2, -0.15) is 0 Å². The molecule has 1 aliphatic heterocycles. The Labute approximate surface area is 214 Å². The number of rotatable bonds is 6. The normalized spacial score (nSPS) is 15.4. The van der Waals surface area contributed by atoms with Crippen molar-refractivity contribution in [3.05, 3.63) is 60.4 Å². The lowest BCUT2D eigenvalue weighted by Gasteiger charge is -2.31. The summed E-state index contributed by atoms with van der Waals surface area (Å²) in [6.45, 7) is 2.88. The monoisotopic (exact) mass is 500 g/mol. The number of piperidine rings is 1. The number of nitrogens with zero attached hydrogens (tertiary/aromatic N) is 4. The minimum absolute atomic E-state index is 0.0805. The molecule has 5 rings (SSSR count). The van der Waals surface area contributed by atoms with Gasteiger partial charge >= 0.3 is 6.09 Å². The molecule has 37 heavy (non-hydrogen) atoms. The van der Waals surface area contributed by atoms with E-state index in [-0.39, 0.29) is 6.04 Å². The van der Waals surface area contributed by atoms with Crippen molar-refractivity contribution in [2.45, 2.75) is 25.8 Å². The predicted octanol–water partition coefficient (Wildman–Crippen LogP) is 4.94. The van der Waals surface area contributed by atoms with Crippen LogP contribution in [0.5, 0.6) is 17.4 Å². The Hall–Kier alpha value is -4.60.